The molecule has 0 saturated carbocycles. The van der Waals surface area contributed by atoms with Gasteiger partial charge < -0.3 is 10.1 Å². The van der Waals surface area contributed by atoms with Crippen LogP contribution in [0.15, 0.2) is 72.4 Å². The van der Waals surface area contributed by atoms with Crippen LogP contribution in [-0.4, -0.2) is 26.4 Å². The molecule has 0 aliphatic rings. The van der Waals surface area contributed by atoms with Crippen LogP contribution in [0.25, 0.3) is 0 Å². The predicted molar refractivity (Wildman–Crippen MR) is 112 cm³/mol. The predicted octanol–water partition coefficient (Wildman–Crippen LogP) is 4.79. The van der Waals surface area contributed by atoms with Crippen LogP contribution in [0.2, 0.25) is 0 Å². The Hall–Kier alpha value is -3.27. The summed E-state index contributed by atoms with van der Waals surface area (Å²) in [6.45, 7) is 4.31. The van der Waals surface area contributed by atoms with Crippen molar-refractivity contribution in [2.75, 3.05) is 11.1 Å². The molecule has 3 rings (SSSR count). The van der Waals surface area contributed by atoms with Gasteiger partial charge >= 0.3 is 6.18 Å². The molecule has 0 unspecified atom stereocenters. The number of nitrogens with zero attached hydrogens (tertiary/aromatic N) is 3. The quantitative estimate of drug-likeness (QED) is 0.377. The van der Waals surface area contributed by atoms with Crippen molar-refractivity contribution in [1.82, 2.24) is 14.8 Å². The number of aromatic nitrogens is 3. The first-order valence-electron chi connectivity index (χ1n) is 9.17. The molecule has 10 heteroatoms. The highest BCUT2D eigenvalue weighted by Gasteiger charge is 2.30. The Kier molecular flexibility index (Phi) is 7.35. The van der Waals surface area contributed by atoms with Gasteiger partial charge in [-0.1, -0.05) is 42.1 Å². The first-order valence-corrected chi connectivity index (χ1v) is 10.2. The molecule has 0 atom stereocenters. The summed E-state index contributed by atoms with van der Waals surface area (Å²) in [5.74, 6) is 0.736. The maximum absolute atomic E-state index is 12.8. The maximum Gasteiger partial charge on any atom is 0.416 e. The summed E-state index contributed by atoms with van der Waals surface area (Å²) in [6, 6.07) is 13.7. The average molecular weight is 448 g/mol. The van der Waals surface area contributed by atoms with Gasteiger partial charge in [0.05, 0.1) is 11.3 Å². The lowest BCUT2D eigenvalue weighted by molar-refractivity contribution is -0.137. The number of halogens is 3. The summed E-state index contributed by atoms with van der Waals surface area (Å²) >= 11 is 1.12. The van der Waals surface area contributed by atoms with Crippen molar-refractivity contribution in [2.24, 2.45) is 0 Å². The second-order valence-corrected chi connectivity index (χ2v) is 7.26. The Labute approximate surface area is 181 Å². The van der Waals surface area contributed by atoms with Crippen molar-refractivity contribution in [1.29, 1.82) is 0 Å². The van der Waals surface area contributed by atoms with Crippen LogP contribution < -0.4 is 10.1 Å². The van der Waals surface area contributed by atoms with Crippen molar-refractivity contribution in [3.05, 3.63) is 78.6 Å². The van der Waals surface area contributed by atoms with E-state index in [0.717, 1.165) is 23.9 Å². The van der Waals surface area contributed by atoms with E-state index in [2.05, 4.69) is 22.1 Å². The lowest BCUT2D eigenvalue weighted by Crippen LogP contribution is -2.15. The third-order valence-corrected chi connectivity index (χ3v) is 4.99. The molecule has 162 valence electrons. The van der Waals surface area contributed by atoms with Crippen LogP contribution in [0.1, 0.15) is 11.4 Å². The molecule has 3 aromatic rings. The molecule has 1 heterocycles. The molecular formula is C21H19F3N4O2S. The Bertz CT molecular complexity index is 1040. The van der Waals surface area contributed by atoms with E-state index in [1.165, 1.54) is 12.1 Å². The first kappa shape index (κ1) is 22.4. The molecule has 6 nitrogen and oxygen atoms in total. The third kappa shape index (κ3) is 6.35. The second kappa shape index (κ2) is 10.2. The van der Waals surface area contributed by atoms with Gasteiger partial charge in [0.1, 0.15) is 12.4 Å². The number of carbonyl (C=O) groups is 1. The van der Waals surface area contributed by atoms with Crippen LogP contribution in [-0.2, 0) is 24.1 Å². The van der Waals surface area contributed by atoms with Gasteiger partial charge in [-0.3, -0.25) is 9.36 Å². The summed E-state index contributed by atoms with van der Waals surface area (Å²) in [5, 5.41) is 11.1. The molecule has 1 amide bonds. The lowest BCUT2D eigenvalue weighted by atomic mass is 10.2. The number of amides is 1. The van der Waals surface area contributed by atoms with E-state index in [-0.39, 0.29) is 18.0 Å². The molecule has 1 N–H and O–H groups in total. The Morgan fingerprint density at radius 3 is 2.65 bits per heavy atom. The molecule has 1 aromatic heterocycles. The number of thioether (sulfide) groups is 1. The third-order valence-electron chi connectivity index (χ3n) is 4.02. The normalized spacial score (nSPS) is 11.2. The highest BCUT2D eigenvalue weighted by molar-refractivity contribution is 7.99. The molecular weight excluding hydrogens is 429 g/mol. The van der Waals surface area contributed by atoms with E-state index in [1.54, 1.807) is 10.6 Å². The van der Waals surface area contributed by atoms with Crippen LogP contribution >= 0.6 is 11.8 Å². The van der Waals surface area contributed by atoms with Crippen LogP contribution in [0, 0.1) is 0 Å². The summed E-state index contributed by atoms with van der Waals surface area (Å²) in [7, 11) is 0. The van der Waals surface area contributed by atoms with E-state index in [4.69, 9.17) is 4.74 Å². The number of nitrogens with one attached hydrogen (secondary N) is 1. The molecule has 0 spiro atoms. The van der Waals surface area contributed by atoms with Crippen LogP contribution in [0.4, 0.5) is 18.9 Å². The number of para-hydroxylation sites is 1. The summed E-state index contributed by atoms with van der Waals surface area (Å²) < 4.78 is 45.9. The standard InChI is InChI=1S/C21H19F3N4O2S/c1-2-11-28-18(13-30-17-9-4-3-5-10-17)26-27-20(28)31-14-19(29)25-16-8-6-7-15(12-16)21(22,23)24/h2-10,12H,1,11,13-14H2,(H,25,29). The first-order chi connectivity index (χ1) is 14.9. The minimum absolute atomic E-state index is 0.0505. The number of alkyl halides is 3. The van der Waals surface area contributed by atoms with E-state index >= 15 is 0 Å². The molecule has 0 fully saturated rings. The largest absolute Gasteiger partial charge is 0.486 e. The summed E-state index contributed by atoms with van der Waals surface area (Å²) in [4.78, 5) is 12.2. The number of benzene rings is 2. The fraction of sp³-hybridized carbons (Fsp3) is 0.190. The van der Waals surface area contributed by atoms with Gasteiger partial charge in [0.15, 0.2) is 11.0 Å². The van der Waals surface area contributed by atoms with Crippen molar-refractivity contribution < 1.29 is 22.7 Å². The fourth-order valence-electron chi connectivity index (χ4n) is 2.61. The van der Waals surface area contributed by atoms with Gasteiger partial charge in [0.25, 0.3) is 0 Å². The van der Waals surface area contributed by atoms with Gasteiger partial charge in [-0.2, -0.15) is 13.2 Å². The molecule has 31 heavy (non-hydrogen) atoms. The van der Waals surface area contributed by atoms with E-state index in [0.29, 0.717) is 23.3 Å². The number of anilines is 1. The molecule has 0 saturated heterocycles. The van der Waals surface area contributed by atoms with E-state index in [9.17, 15) is 18.0 Å². The number of hydrogen-bond donors (Lipinski definition) is 1. The van der Waals surface area contributed by atoms with Crippen LogP contribution in [0.3, 0.4) is 0 Å². The van der Waals surface area contributed by atoms with Gasteiger partial charge in [-0.25, -0.2) is 0 Å². The smallest absolute Gasteiger partial charge is 0.416 e. The number of carbonyl (C=O) groups excluding carboxylic acids is 1. The highest BCUT2D eigenvalue weighted by atomic mass is 32.2. The Morgan fingerprint density at radius 1 is 1.16 bits per heavy atom. The number of ether oxygens (including phenoxy) is 1. The number of rotatable bonds is 9. The SMILES string of the molecule is C=CCn1c(COc2ccccc2)nnc1SCC(=O)Nc1cccc(C(F)(F)F)c1. The fourth-order valence-corrected chi connectivity index (χ4v) is 3.38. The zero-order valence-electron chi connectivity index (χ0n) is 16.3. The van der Waals surface area contributed by atoms with Crippen LogP contribution in [0.5, 0.6) is 5.75 Å². The van der Waals surface area contributed by atoms with Crippen molar-refractivity contribution in [3.8, 4) is 5.75 Å². The maximum atomic E-state index is 12.8. The summed E-state index contributed by atoms with van der Waals surface area (Å²) in [5.41, 5.74) is -0.753. The summed E-state index contributed by atoms with van der Waals surface area (Å²) in [6.07, 6.45) is -2.81. The van der Waals surface area contributed by atoms with Gasteiger partial charge in [0.2, 0.25) is 5.91 Å². The topological polar surface area (TPSA) is 69.0 Å². The van der Waals surface area contributed by atoms with Gasteiger partial charge in [0, 0.05) is 12.2 Å². The molecule has 0 aliphatic carbocycles. The van der Waals surface area contributed by atoms with E-state index < -0.39 is 17.6 Å². The van der Waals surface area contributed by atoms with Gasteiger partial charge in [-0.05, 0) is 30.3 Å². The lowest BCUT2D eigenvalue weighted by Gasteiger charge is -2.10. The molecule has 0 bridgehead atoms. The van der Waals surface area contributed by atoms with Crippen molar-refractivity contribution in [3.63, 3.8) is 0 Å². The highest BCUT2D eigenvalue weighted by Crippen LogP contribution is 2.30. The average Bonchev–Trinajstić information content (AvgIpc) is 3.13. The van der Waals surface area contributed by atoms with E-state index in [1.807, 2.05) is 30.3 Å². The van der Waals surface area contributed by atoms with Gasteiger partial charge in [-0.15, -0.1) is 16.8 Å². The van der Waals surface area contributed by atoms with Crippen molar-refractivity contribution >= 4 is 23.4 Å². The number of hydrogen-bond acceptors (Lipinski definition) is 5. The number of allylic oxidation sites excluding steroid dienone is 1. The zero-order valence-corrected chi connectivity index (χ0v) is 17.1. The molecule has 2 aromatic carbocycles. The second-order valence-electron chi connectivity index (χ2n) is 6.32. The Morgan fingerprint density at radius 2 is 1.94 bits per heavy atom. The zero-order chi connectivity index (χ0) is 22.3. The monoisotopic (exact) mass is 448 g/mol. The molecule has 0 radical (unpaired) electrons. The minimum atomic E-state index is -4.48. The molecule has 0 aliphatic heterocycles. The Balaban J connectivity index is 1.61. The minimum Gasteiger partial charge on any atom is -0.486 e. The van der Waals surface area contributed by atoms with Crippen molar-refractivity contribution in [2.45, 2.75) is 24.5 Å².